The van der Waals surface area contributed by atoms with Crippen molar-refractivity contribution < 1.29 is 4.52 Å². The Bertz CT molecular complexity index is 427. The highest BCUT2D eigenvalue weighted by Gasteiger charge is 1.98. The van der Waals surface area contributed by atoms with Crippen LogP contribution < -0.4 is 10.6 Å². The number of rotatable bonds is 5. The lowest BCUT2D eigenvalue weighted by atomic mass is 10.3. The molecule has 0 fully saturated rings. The third kappa shape index (κ3) is 2.73. The van der Waals surface area contributed by atoms with E-state index in [1.165, 1.54) is 0 Å². The summed E-state index contributed by atoms with van der Waals surface area (Å²) in [7, 11) is 0. The van der Waals surface area contributed by atoms with Gasteiger partial charge in [0.15, 0.2) is 0 Å². The second-order valence-electron chi connectivity index (χ2n) is 3.30. The number of hydrogen-bond donors (Lipinski definition) is 2. The fraction of sp³-hybridized carbons (Fsp3) is 0.273. The SMILES string of the molecule is CCNc1cc(NCc2ccon2)ccn1. The number of aromatic nitrogens is 2. The molecular formula is C11H14N4O. The molecule has 2 N–H and O–H groups in total. The van der Waals surface area contributed by atoms with Crippen molar-refractivity contribution in [2.75, 3.05) is 17.2 Å². The molecular weight excluding hydrogens is 204 g/mol. The zero-order valence-corrected chi connectivity index (χ0v) is 9.10. The molecule has 0 bridgehead atoms. The van der Waals surface area contributed by atoms with Gasteiger partial charge < -0.3 is 15.2 Å². The van der Waals surface area contributed by atoms with Gasteiger partial charge >= 0.3 is 0 Å². The Kier molecular flexibility index (Phi) is 3.38. The highest BCUT2D eigenvalue weighted by molar-refractivity contribution is 5.51. The van der Waals surface area contributed by atoms with E-state index in [1.807, 2.05) is 25.1 Å². The van der Waals surface area contributed by atoms with Crippen molar-refractivity contribution in [1.29, 1.82) is 0 Å². The van der Waals surface area contributed by atoms with Crippen LogP contribution in [0.25, 0.3) is 0 Å². The van der Waals surface area contributed by atoms with Crippen LogP contribution in [0.5, 0.6) is 0 Å². The van der Waals surface area contributed by atoms with Gasteiger partial charge in [-0.05, 0) is 13.0 Å². The molecule has 0 amide bonds. The minimum Gasteiger partial charge on any atom is -0.379 e. The van der Waals surface area contributed by atoms with E-state index in [1.54, 1.807) is 12.5 Å². The van der Waals surface area contributed by atoms with Crippen LogP contribution in [0.2, 0.25) is 0 Å². The van der Waals surface area contributed by atoms with Crippen molar-refractivity contribution in [3.05, 3.63) is 36.4 Å². The molecule has 0 aliphatic rings. The van der Waals surface area contributed by atoms with Crippen molar-refractivity contribution in [1.82, 2.24) is 10.1 Å². The molecule has 16 heavy (non-hydrogen) atoms. The Morgan fingerprint density at radius 1 is 1.31 bits per heavy atom. The summed E-state index contributed by atoms with van der Waals surface area (Å²) in [5, 5.41) is 10.2. The van der Waals surface area contributed by atoms with Crippen molar-refractivity contribution in [2.45, 2.75) is 13.5 Å². The fourth-order valence-corrected chi connectivity index (χ4v) is 1.34. The molecule has 2 heterocycles. The summed E-state index contributed by atoms with van der Waals surface area (Å²) < 4.78 is 4.75. The Morgan fingerprint density at radius 3 is 3.00 bits per heavy atom. The monoisotopic (exact) mass is 218 g/mol. The van der Waals surface area contributed by atoms with Crippen molar-refractivity contribution in [3.8, 4) is 0 Å². The molecule has 0 radical (unpaired) electrons. The third-order valence-corrected chi connectivity index (χ3v) is 2.08. The molecule has 0 saturated carbocycles. The zero-order chi connectivity index (χ0) is 11.2. The van der Waals surface area contributed by atoms with E-state index < -0.39 is 0 Å². The summed E-state index contributed by atoms with van der Waals surface area (Å²) in [6, 6.07) is 5.71. The van der Waals surface area contributed by atoms with E-state index in [0.717, 1.165) is 23.7 Å². The Morgan fingerprint density at radius 2 is 2.25 bits per heavy atom. The van der Waals surface area contributed by atoms with Gasteiger partial charge in [-0.1, -0.05) is 5.16 Å². The second-order valence-corrected chi connectivity index (χ2v) is 3.30. The maximum Gasteiger partial charge on any atom is 0.127 e. The molecule has 0 atom stereocenters. The van der Waals surface area contributed by atoms with Crippen LogP contribution in [0.1, 0.15) is 12.6 Å². The number of hydrogen-bond acceptors (Lipinski definition) is 5. The largest absolute Gasteiger partial charge is 0.379 e. The van der Waals surface area contributed by atoms with Gasteiger partial charge in [-0.3, -0.25) is 0 Å². The predicted octanol–water partition coefficient (Wildman–Crippen LogP) is 2.11. The lowest BCUT2D eigenvalue weighted by molar-refractivity contribution is 0.412. The molecule has 5 nitrogen and oxygen atoms in total. The highest BCUT2D eigenvalue weighted by atomic mass is 16.5. The average molecular weight is 218 g/mol. The first-order valence-corrected chi connectivity index (χ1v) is 5.21. The van der Waals surface area contributed by atoms with E-state index in [2.05, 4.69) is 20.8 Å². The Hall–Kier alpha value is -2.04. The molecule has 2 aromatic rings. The van der Waals surface area contributed by atoms with E-state index in [0.29, 0.717) is 6.54 Å². The summed E-state index contributed by atoms with van der Waals surface area (Å²) in [5.41, 5.74) is 1.88. The first kappa shape index (κ1) is 10.5. The zero-order valence-electron chi connectivity index (χ0n) is 9.10. The van der Waals surface area contributed by atoms with E-state index >= 15 is 0 Å². The first-order valence-electron chi connectivity index (χ1n) is 5.21. The normalized spacial score (nSPS) is 10.1. The molecule has 0 aromatic carbocycles. The van der Waals surface area contributed by atoms with Gasteiger partial charge in [0.25, 0.3) is 0 Å². The summed E-state index contributed by atoms with van der Waals surface area (Å²) in [6.45, 7) is 3.54. The molecule has 84 valence electrons. The minimum absolute atomic E-state index is 0.645. The van der Waals surface area contributed by atoms with E-state index in [9.17, 15) is 0 Å². The van der Waals surface area contributed by atoms with Crippen LogP contribution >= 0.6 is 0 Å². The number of nitrogens with zero attached hydrogens (tertiary/aromatic N) is 2. The Labute approximate surface area is 93.9 Å². The quantitative estimate of drug-likeness (QED) is 0.804. The fourth-order valence-electron chi connectivity index (χ4n) is 1.34. The lowest BCUT2D eigenvalue weighted by Crippen LogP contribution is -2.02. The minimum atomic E-state index is 0.645. The first-order chi connectivity index (χ1) is 7.88. The van der Waals surface area contributed by atoms with Crippen LogP contribution in [0.4, 0.5) is 11.5 Å². The van der Waals surface area contributed by atoms with Gasteiger partial charge in [-0.2, -0.15) is 0 Å². The van der Waals surface area contributed by atoms with E-state index in [4.69, 9.17) is 4.52 Å². The van der Waals surface area contributed by atoms with Crippen LogP contribution in [0.15, 0.2) is 35.2 Å². The van der Waals surface area contributed by atoms with Crippen LogP contribution in [-0.2, 0) is 6.54 Å². The molecule has 2 aromatic heterocycles. The highest BCUT2D eigenvalue weighted by Crippen LogP contribution is 2.12. The molecule has 0 unspecified atom stereocenters. The van der Waals surface area contributed by atoms with Gasteiger partial charge in [0.05, 0.1) is 6.54 Å². The molecule has 5 heteroatoms. The molecule has 2 rings (SSSR count). The van der Waals surface area contributed by atoms with E-state index in [-0.39, 0.29) is 0 Å². The van der Waals surface area contributed by atoms with Crippen molar-refractivity contribution in [2.24, 2.45) is 0 Å². The summed E-state index contributed by atoms with van der Waals surface area (Å²) >= 11 is 0. The summed E-state index contributed by atoms with van der Waals surface area (Å²) in [6.07, 6.45) is 3.33. The molecule has 0 aliphatic carbocycles. The molecule has 0 saturated heterocycles. The van der Waals surface area contributed by atoms with Crippen LogP contribution in [0, 0.1) is 0 Å². The van der Waals surface area contributed by atoms with Gasteiger partial charge in [0.2, 0.25) is 0 Å². The second kappa shape index (κ2) is 5.16. The van der Waals surface area contributed by atoms with Crippen LogP contribution in [0.3, 0.4) is 0 Å². The van der Waals surface area contributed by atoms with Gasteiger partial charge in [0.1, 0.15) is 17.8 Å². The van der Waals surface area contributed by atoms with Crippen molar-refractivity contribution in [3.63, 3.8) is 0 Å². The number of anilines is 2. The third-order valence-electron chi connectivity index (χ3n) is 2.08. The van der Waals surface area contributed by atoms with Gasteiger partial charge in [0, 0.05) is 30.6 Å². The maximum atomic E-state index is 4.75. The number of pyridine rings is 1. The predicted molar refractivity (Wildman–Crippen MR) is 62.2 cm³/mol. The smallest absolute Gasteiger partial charge is 0.127 e. The molecule has 0 aliphatic heterocycles. The van der Waals surface area contributed by atoms with Crippen LogP contribution in [-0.4, -0.2) is 16.7 Å². The van der Waals surface area contributed by atoms with Gasteiger partial charge in [-0.15, -0.1) is 0 Å². The maximum absolute atomic E-state index is 4.75. The Balaban J connectivity index is 1.96. The topological polar surface area (TPSA) is 63.0 Å². The number of nitrogens with one attached hydrogen (secondary N) is 2. The average Bonchev–Trinajstić information content (AvgIpc) is 2.80. The van der Waals surface area contributed by atoms with Crippen molar-refractivity contribution >= 4 is 11.5 Å². The summed E-state index contributed by atoms with van der Waals surface area (Å²) in [4.78, 5) is 4.19. The molecule has 0 spiro atoms. The lowest BCUT2D eigenvalue weighted by Gasteiger charge is -2.06. The van der Waals surface area contributed by atoms with Gasteiger partial charge in [-0.25, -0.2) is 4.98 Å². The summed E-state index contributed by atoms with van der Waals surface area (Å²) in [5.74, 6) is 0.868. The standard InChI is InChI=1S/C11H14N4O/c1-2-12-11-7-9(3-5-13-11)14-8-10-4-6-16-15-10/h3-7H,2,8H2,1H3,(H2,12,13,14).